The number of nitrogens with zero attached hydrogens (tertiary/aromatic N) is 1. The number of hydrogen-bond donors (Lipinski definition) is 1. The summed E-state index contributed by atoms with van der Waals surface area (Å²) in [5.41, 5.74) is 2.01. The molecule has 0 fully saturated rings. The van der Waals surface area contributed by atoms with Gasteiger partial charge in [-0.05, 0) is 30.7 Å². The second-order valence-corrected chi connectivity index (χ2v) is 5.83. The van der Waals surface area contributed by atoms with E-state index in [1.165, 1.54) is 24.3 Å². The number of hydrogen-bond acceptors (Lipinski definition) is 3. The fourth-order valence-electron chi connectivity index (χ4n) is 1.89. The van der Waals surface area contributed by atoms with Crippen LogP contribution < -0.4 is 5.32 Å². The highest BCUT2D eigenvalue weighted by molar-refractivity contribution is 9.09. The lowest BCUT2D eigenvalue weighted by atomic mass is 10.1. The Kier molecular flexibility index (Phi) is 4.70. The fourth-order valence-corrected chi connectivity index (χ4v) is 2.29. The van der Waals surface area contributed by atoms with Gasteiger partial charge in [-0.2, -0.15) is 0 Å². The predicted octanol–water partition coefficient (Wildman–Crippen LogP) is 4.30. The highest BCUT2D eigenvalue weighted by Crippen LogP contribution is 2.29. The van der Waals surface area contributed by atoms with Crippen LogP contribution in [-0.2, 0) is 0 Å². The van der Waals surface area contributed by atoms with Gasteiger partial charge in [-0.3, -0.25) is 14.9 Å². The van der Waals surface area contributed by atoms with Crippen molar-refractivity contribution in [1.82, 2.24) is 0 Å². The summed E-state index contributed by atoms with van der Waals surface area (Å²) in [5.74, 6) is -0.300. The molecule has 0 spiro atoms. The lowest BCUT2D eigenvalue weighted by Gasteiger charge is -2.12. The van der Waals surface area contributed by atoms with Gasteiger partial charge in [-0.25, -0.2) is 0 Å². The second kappa shape index (κ2) is 6.49. The largest absolute Gasteiger partial charge is 0.322 e. The minimum Gasteiger partial charge on any atom is -0.322 e. The lowest BCUT2D eigenvalue weighted by Crippen LogP contribution is -2.13. The van der Waals surface area contributed by atoms with Gasteiger partial charge in [-0.15, -0.1) is 0 Å². The standard InChI is InChI=1S/C15H13BrN2O3/c1-10(16)13-4-2-3-5-14(13)17-15(19)11-6-8-12(9-7-11)18(20)21/h2-10H,1H3,(H,17,19). The number of non-ortho nitro benzene ring substituents is 1. The number of nitro groups is 1. The summed E-state index contributed by atoms with van der Waals surface area (Å²) in [6.07, 6.45) is 0. The number of nitro benzene ring substituents is 1. The van der Waals surface area contributed by atoms with Crippen LogP contribution in [0.15, 0.2) is 48.5 Å². The van der Waals surface area contributed by atoms with E-state index in [9.17, 15) is 14.9 Å². The Balaban J connectivity index is 2.20. The van der Waals surface area contributed by atoms with Gasteiger partial charge < -0.3 is 5.32 Å². The maximum absolute atomic E-state index is 12.2. The van der Waals surface area contributed by atoms with E-state index in [1.54, 1.807) is 0 Å². The molecule has 21 heavy (non-hydrogen) atoms. The molecule has 0 aliphatic rings. The highest BCUT2D eigenvalue weighted by Gasteiger charge is 2.12. The molecule has 0 aromatic heterocycles. The number of para-hydroxylation sites is 1. The Morgan fingerprint density at radius 3 is 2.38 bits per heavy atom. The van der Waals surface area contributed by atoms with Crippen LogP contribution in [0, 0.1) is 10.1 Å². The van der Waals surface area contributed by atoms with Crippen LogP contribution >= 0.6 is 15.9 Å². The summed E-state index contributed by atoms with van der Waals surface area (Å²) in [7, 11) is 0. The zero-order valence-electron chi connectivity index (χ0n) is 11.2. The molecule has 0 radical (unpaired) electrons. The summed E-state index contributed by atoms with van der Waals surface area (Å²) in [5, 5.41) is 13.4. The molecular formula is C15H13BrN2O3. The smallest absolute Gasteiger partial charge is 0.269 e. The van der Waals surface area contributed by atoms with Gasteiger partial charge in [0.25, 0.3) is 11.6 Å². The van der Waals surface area contributed by atoms with Crippen LogP contribution in [-0.4, -0.2) is 10.8 Å². The van der Waals surface area contributed by atoms with Crippen molar-refractivity contribution in [3.63, 3.8) is 0 Å². The number of halogens is 1. The summed E-state index contributed by atoms with van der Waals surface area (Å²) >= 11 is 3.48. The van der Waals surface area contributed by atoms with Crippen molar-refractivity contribution in [2.45, 2.75) is 11.8 Å². The molecular weight excluding hydrogens is 336 g/mol. The van der Waals surface area contributed by atoms with Crippen molar-refractivity contribution in [3.8, 4) is 0 Å². The number of nitrogens with one attached hydrogen (secondary N) is 1. The molecule has 1 atom stereocenters. The molecule has 2 aromatic carbocycles. The Hall–Kier alpha value is -2.21. The van der Waals surface area contributed by atoms with E-state index in [0.717, 1.165) is 5.56 Å². The number of benzene rings is 2. The van der Waals surface area contributed by atoms with Gasteiger partial charge in [0.1, 0.15) is 0 Å². The zero-order valence-corrected chi connectivity index (χ0v) is 12.8. The SMILES string of the molecule is CC(Br)c1ccccc1NC(=O)c1ccc([N+](=O)[O-])cc1. The number of carbonyl (C=O) groups is 1. The Labute approximate surface area is 130 Å². The topological polar surface area (TPSA) is 72.2 Å². The molecule has 0 aliphatic heterocycles. The number of amides is 1. The van der Waals surface area contributed by atoms with Gasteiger partial charge in [0.2, 0.25) is 0 Å². The van der Waals surface area contributed by atoms with Crippen molar-refractivity contribution in [2.24, 2.45) is 0 Å². The average Bonchev–Trinajstić information content (AvgIpc) is 2.47. The van der Waals surface area contributed by atoms with Gasteiger partial charge in [-0.1, -0.05) is 34.1 Å². The monoisotopic (exact) mass is 348 g/mol. The first-order valence-electron chi connectivity index (χ1n) is 6.28. The number of carbonyl (C=O) groups excluding carboxylic acids is 1. The molecule has 2 aromatic rings. The van der Waals surface area contributed by atoms with Crippen molar-refractivity contribution < 1.29 is 9.72 Å². The molecule has 0 saturated heterocycles. The molecule has 6 heteroatoms. The highest BCUT2D eigenvalue weighted by atomic mass is 79.9. The Morgan fingerprint density at radius 2 is 1.81 bits per heavy atom. The quantitative estimate of drug-likeness (QED) is 0.508. The Morgan fingerprint density at radius 1 is 1.19 bits per heavy atom. The van der Waals surface area contributed by atoms with Crippen molar-refractivity contribution in [3.05, 3.63) is 69.8 Å². The molecule has 0 heterocycles. The average molecular weight is 349 g/mol. The van der Waals surface area contributed by atoms with E-state index in [2.05, 4.69) is 21.2 Å². The fraction of sp³-hybridized carbons (Fsp3) is 0.133. The number of anilines is 1. The third-order valence-electron chi connectivity index (χ3n) is 2.98. The van der Waals surface area contributed by atoms with Crippen LogP contribution in [0.4, 0.5) is 11.4 Å². The van der Waals surface area contributed by atoms with E-state index in [0.29, 0.717) is 11.3 Å². The minimum absolute atomic E-state index is 0.0407. The van der Waals surface area contributed by atoms with E-state index >= 15 is 0 Å². The van der Waals surface area contributed by atoms with Crippen molar-refractivity contribution >= 4 is 33.2 Å². The first kappa shape index (κ1) is 15.2. The number of rotatable bonds is 4. The maximum atomic E-state index is 12.2. The van der Waals surface area contributed by atoms with Gasteiger partial charge in [0, 0.05) is 28.2 Å². The van der Waals surface area contributed by atoms with Crippen LogP contribution in [0.5, 0.6) is 0 Å². The zero-order chi connectivity index (χ0) is 15.4. The molecule has 0 aliphatic carbocycles. The summed E-state index contributed by atoms with van der Waals surface area (Å²) in [4.78, 5) is 22.4. The molecule has 0 bridgehead atoms. The summed E-state index contributed by atoms with van der Waals surface area (Å²) in [6.45, 7) is 1.97. The molecule has 0 saturated carbocycles. The van der Waals surface area contributed by atoms with Gasteiger partial charge in [0.15, 0.2) is 0 Å². The minimum atomic E-state index is -0.497. The molecule has 5 nitrogen and oxygen atoms in total. The number of alkyl halides is 1. The van der Waals surface area contributed by atoms with Gasteiger partial charge in [0.05, 0.1) is 4.92 Å². The van der Waals surface area contributed by atoms with Crippen molar-refractivity contribution in [1.29, 1.82) is 0 Å². The lowest BCUT2D eigenvalue weighted by molar-refractivity contribution is -0.384. The predicted molar refractivity (Wildman–Crippen MR) is 84.8 cm³/mol. The van der Waals surface area contributed by atoms with E-state index in [1.807, 2.05) is 31.2 Å². The summed E-state index contributed by atoms with van der Waals surface area (Å²) in [6, 6.07) is 13.0. The molecule has 108 valence electrons. The van der Waals surface area contributed by atoms with Crippen LogP contribution in [0.2, 0.25) is 0 Å². The molecule has 2 rings (SSSR count). The molecule has 1 amide bonds. The Bertz CT molecular complexity index is 669. The van der Waals surface area contributed by atoms with Crippen LogP contribution in [0.3, 0.4) is 0 Å². The third-order valence-corrected chi connectivity index (χ3v) is 3.47. The second-order valence-electron chi connectivity index (χ2n) is 4.46. The molecule has 1 N–H and O–H groups in total. The summed E-state index contributed by atoms with van der Waals surface area (Å²) < 4.78 is 0. The molecule has 1 unspecified atom stereocenters. The van der Waals surface area contributed by atoms with E-state index in [4.69, 9.17) is 0 Å². The van der Waals surface area contributed by atoms with E-state index < -0.39 is 4.92 Å². The van der Waals surface area contributed by atoms with Crippen LogP contribution in [0.25, 0.3) is 0 Å². The van der Waals surface area contributed by atoms with Crippen molar-refractivity contribution in [2.75, 3.05) is 5.32 Å². The van der Waals surface area contributed by atoms with E-state index in [-0.39, 0.29) is 16.4 Å². The third kappa shape index (κ3) is 3.66. The maximum Gasteiger partial charge on any atom is 0.269 e. The first-order valence-corrected chi connectivity index (χ1v) is 7.19. The van der Waals surface area contributed by atoms with Crippen LogP contribution in [0.1, 0.15) is 27.7 Å². The first-order chi connectivity index (χ1) is 9.99. The van der Waals surface area contributed by atoms with Gasteiger partial charge >= 0.3 is 0 Å². The normalized spacial score (nSPS) is 11.7.